The molecule has 0 aliphatic heterocycles. The zero-order valence-electron chi connectivity index (χ0n) is 30.0. The van der Waals surface area contributed by atoms with E-state index in [0.29, 0.717) is 62.5 Å². The predicted molar refractivity (Wildman–Crippen MR) is 186 cm³/mol. The Kier molecular flexibility index (Phi) is 17.2. The van der Waals surface area contributed by atoms with Crippen LogP contribution in [0, 0.1) is 23.2 Å². The standard InChI is InChI=1S/C36H59N5O8/c1-25(42)26-5-8-28(9-6-26)41-23-27-7-10-29-30(11-12-32(27)37)31(29)24-49-35(45)40-17-16-38-33(43)14-20-48-22-18-39-34(44)13-19-47-21-15-36(2,3)46-4/h5,23,28-31,37,41H,6-22,24H2,1-4H3,(H,38,43)(H,39,44)(H,40,45)/b27-23-,37-32?. The smallest absolute Gasteiger partial charge is 0.407 e. The van der Waals surface area contributed by atoms with Crippen molar-refractivity contribution in [2.45, 2.75) is 96.6 Å². The second-order valence-corrected chi connectivity index (χ2v) is 13.8. The molecule has 0 radical (unpaired) electrons. The van der Waals surface area contributed by atoms with Gasteiger partial charge >= 0.3 is 6.09 Å². The molecular weight excluding hydrogens is 630 g/mol. The van der Waals surface area contributed by atoms with Crippen molar-refractivity contribution < 1.29 is 38.1 Å². The first-order valence-corrected chi connectivity index (χ1v) is 17.9. The zero-order valence-corrected chi connectivity index (χ0v) is 30.0. The second-order valence-electron chi connectivity index (χ2n) is 13.8. The number of fused-ring (bicyclic) bond motifs is 1. The summed E-state index contributed by atoms with van der Waals surface area (Å²) < 4.78 is 21.7. The lowest BCUT2D eigenvalue weighted by Gasteiger charge is -2.22. The van der Waals surface area contributed by atoms with E-state index < -0.39 is 6.09 Å². The number of hydrogen-bond acceptors (Lipinski definition) is 10. The van der Waals surface area contributed by atoms with E-state index >= 15 is 0 Å². The van der Waals surface area contributed by atoms with Gasteiger partial charge in [-0.1, -0.05) is 6.08 Å². The number of carbonyl (C=O) groups is 4. The van der Waals surface area contributed by atoms with Gasteiger partial charge in [-0.15, -0.1) is 0 Å². The van der Waals surface area contributed by atoms with Crippen molar-refractivity contribution >= 4 is 29.4 Å². The van der Waals surface area contributed by atoms with Crippen LogP contribution in [0.25, 0.3) is 0 Å². The third-order valence-corrected chi connectivity index (χ3v) is 9.77. The van der Waals surface area contributed by atoms with Crippen LogP contribution in [-0.2, 0) is 33.3 Å². The average Bonchev–Trinajstić information content (AvgIpc) is 3.75. The third-order valence-electron chi connectivity index (χ3n) is 9.77. The Morgan fingerprint density at radius 3 is 2.18 bits per heavy atom. The largest absolute Gasteiger partial charge is 0.449 e. The summed E-state index contributed by atoms with van der Waals surface area (Å²) >= 11 is 0. The van der Waals surface area contributed by atoms with Crippen LogP contribution >= 0.6 is 0 Å². The van der Waals surface area contributed by atoms with Gasteiger partial charge in [0.05, 0.1) is 32.0 Å². The highest BCUT2D eigenvalue weighted by molar-refractivity contribution is 5.97. The molecule has 0 bridgehead atoms. The summed E-state index contributed by atoms with van der Waals surface area (Å²) in [6.07, 6.45) is 10.8. The quantitative estimate of drug-likeness (QED) is 0.113. The van der Waals surface area contributed by atoms with E-state index in [2.05, 4.69) is 21.3 Å². The fourth-order valence-corrected chi connectivity index (χ4v) is 6.24. The summed E-state index contributed by atoms with van der Waals surface area (Å²) in [5.41, 5.74) is 2.41. The molecule has 3 amide bonds. The molecule has 0 saturated heterocycles. The van der Waals surface area contributed by atoms with Crippen LogP contribution in [0.1, 0.15) is 85.0 Å². The van der Waals surface area contributed by atoms with Crippen molar-refractivity contribution in [1.29, 1.82) is 5.41 Å². The van der Waals surface area contributed by atoms with Crippen molar-refractivity contribution in [1.82, 2.24) is 21.3 Å². The van der Waals surface area contributed by atoms with Gasteiger partial charge in [-0.05, 0) is 101 Å². The number of alkyl carbamates (subject to hydrolysis) is 1. The summed E-state index contributed by atoms with van der Waals surface area (Å²) in [6.45, 7) is 8.26. The molecule has 0 aromatic carbocycles. The number of ether oxygens (including phenoxy) is 4. The van der Waals surface area contributed by atoms with Gasteiger partial charge in [0, 0.05) is 64.1 Å². The lowest BCUT2D eigenvalue weighted by Crippen LogP contribution is -2.35. The van der Waals surface area contributed by atoms with Crippen LogP contribution < -0.4 is 21.3 Å². The lowest BCUT2D eigenvalue weighted by atomic mass is 9.92. The minimum atomic E-state index is -0.493. The molecule has 5 N–H and O–H groups in total. The zero-order chi connectivity index (χ0) is 35.6. The Bertz CT molecular complexity index is 1190. The van der Waals surface area contributed by atoms with Crippen molar-refractivity contribution in [3.63, 3.8) is 0 Å². The molecule has 2 saturated carbocycles. The van der Waals surface area contributed by atoms with E-state index in [-0.39, 0.29) is 55.7 Å². The predicted octanol–water partition coefficient (Wildman–Crippen LogP) is 3.57. The normalized spacial score (nSPS) is 23.0. The summed E-state index contributed by atoms with van der Waals surface area (Å²) in [5.74, 6) is 1.17. The molecule has 276 valence electrons. The number of nitrogens with one attached hydrogen (secondary N) is 5. The summed E-state index contributed by atoms with van der Waals surface area (Å²) in [5, 5.41) is 20.2. The maximum atomic E-state index is 12.2. The Morgan fingerprint density at radius 2 is 1.53 bits per heavy atom. The molecule has 0 heterocycles. The van der Waals surface area contributed by atoms with Gasteiger partial charge in [0.15, 0.2) is 5.78 Å². The molecule has 4 atom stereocenters. The number of ketones is 1. The van der Waals surface area contributed by atoms with Crippen LogP contribution in [0.5, 0.6) is 0 Å². The number of carbonyl (C=O) groups excluding carboxylic acids is 4. The number of allylic oxidation sites excluding steroid dienone is 2. The van der Waals surface area contributed by atoms with E-state index in [4.69, 9.17) is 24.4 Å². The van der Waals surface area contributed by atoms with Crippen molar-refractivity contribution in [2.24, 2.45) is 17.8 Å². The first kappa shape index (κ1) is 40.1. The molecule has 0 aromatic heterocycles. The fourth-order valence-electron chi connectivity index (χ4n) is 6.24. The number of methoxy groups -OCH3 is 1. The van der Waals surface area contributed by atoms with Gasteiger partial charge in [0.1, 0.15) is 0 Å². The van der Waals surface area contributed by atoms with E-state index in [0.717, 1.165) is 62.5 Å². The van der Waals surface area contributed by atoms with E-state index in [1.54, 1.807) is 14.0 Å². The van der Waals surface area contributed by atoms with Crippen LogP contribution in [0.15, 0.2) is 23.4 Å². The van der Waals surface area contributed by atoms with Gasteiger partial charge in [0.25, 0.3) is 0 Å². The molecule has 0 spiro atoms. The van der Waals surface area contributed by atoms with Crippen molar-refractivity contribution in [3.05, 3.63) is 23.4 Å². The van der Waals surface area contributed by atoms with Crippen LogP contribution in [-0.4, -0.2) is 101 Å². The Hall–Kier alpha value is -3.29. The Balaban J connectivity index is 1.16. The molecule has 13 nitrogen and oxygen atoms in total. The van der Waals surface area contributed by atoms with Gasteiger partial charge in [-0.3, -0.25) is 14.4 Å². The average molecular weight is 690 g/mol. The monoisotopic (exact) mass is 689 g/mol. The second kappa shape index (κ2) is 21.0. The molecule has 4 unspecified atom stereocenters. The van der Waals surface area contributed by atoms with Crippen molar-refractivity contribution in [2.75, 3.05) is 59.8 Å². The molecule has 0 aromatic rings. The molecule has 2 fully saturated rings. The first-order valence-electron chi connectivity index (χ1n) is 17.9. The highest BCUT2D eigenvalue weighted by Crippen LogP contribution is 2.53. The van der Waals surface area contributed by atoms with E-state index in [9.17, 15) is 19.2 Å². The van der Waals surface area contributed by atoms with E-state index in [1.165, 1.54) is 0 Å². The molecular formula is C36H59N5O8. The topological polar surface area (TPSA) is 177 Å². The Labute approximate surface area is 291 Å². The maximum Gasteiger partial charge on any atom is 0.407 e. The summed E-state index contributed by atoms with van der Waals surface area (Å²) in [4.78, 5) is 47.7. The molecule has 49 heavy (non-hydrogen) atoms. The number of amides is 3. The third kappa shape index (κ3) is 15.4. The number of hydrogen-bond donors (Lipinski definition) is 5. The van der Waals surface area contributed by atoms with Crippen molar-refractivity contribution in [3.8, 4) is 0 Å². The Morgan fingerprint density at radius 1 is 0.878 bits per heavy atom. The number of Topliss-reactive ketones (excluding diaryl/α,β-unsaturated/α-hetero) is 1. The summed E-state index contributed by atoms with van der Waals surface area (Å²) in [6, 6.07) is 0.295. The van der Waals surface area contributed by atoms with E-state index in [1.807, 2.05) is 26.1 Å². The molecule has 3 aliphatic carbocycles. The van der Waals surface area contributed by atoms with Gasteiger partial charge in [0.2, 0.25) is 11.8 Å². The molecule has 13 heteroatoms. The highest BCUT2D eigenvalue weighted by Gasteiger charge is 2.50. The van der Waals surface area contributed by atoms with Crippen LogP contribution in [0.4, 0.5) is 4.79 Å². The minimum Gasteiger partial charge on any atom is -0.449 e. The summed E-state index contributed by atoms with van der Waals surface area (Å²) in [7, 11) is 1.66. The van der Waals surface area contributed by atoms with Crippen LogP contribution in [0.2, 0.25) is 0 Å². The van der Waals surface area contributed by atoms with Gasteiger partial charge in [-0.25, -0.2) is 4.79 Å². The molecule has 3 rings (SSSR count). The molecule has 3 aliphatic rings. The SMILES string of the molecule is COC(C)(C)CCOCCC(=O)NCCOCCC(=O)NCCNC(=O)OCC1C2CCC(=N)/C(=C\NC3CC=C(C(C)=O)CC3)CCC21. The fraction of sp³-hybridized carbons (Fsp3) is 0.750. The lowest BCUT2D eigenvalue weighted by molar-refractivity contribution is -0.124. The minimum absolute atomic E-state index is 0.115. The number of rotatable bonds is 21. The van der Waals surface area contributed by atoms with Gasteiger partial charge < -0.3 is 45.6 Å². The van der Waals surface area contributed by atoms with Crippen LogP contribution in [0.3, 0.4) is 0 Å². The highest BCUT2D eigenvalue weighted by atomic mass is 16.5. The first-order chi connectivity index (χ1) is 23.5. The van der Waals surface area contributed by atoms with Gasteiger partial charge in [-0.2, -0.15) is 0 Å². The maximum absolute atomic E-state index is 12.2.